The molecule has 0 aliphatic heterocycles. The van der Waals surface area contributed by atoms with E-state index in [-0.39, 0.29) is 6.04 Å². The van der Waals surface area contributed by atoms with Gasteiger partial charge in [-0.2, -0.15) is 10.2 Å². The molecule has 0 saturated heterocycles. The lowest BCUT2D eigenvalue weighted by Gasteiger charge is -2.24. The number of aromatic nitrogens is 2. The van der Waals surface area contributed by atoms with Crippen molar-refractivity contribution in [3.8, 4) is 6.07 Å². The summed E-state index contributed by atoms with van der Waals surface area (Å²) >= 11 is 1.65. The Hall–Kier alpha value is -1.91. The summed E-state index contributed by atoms with van der Waals surface area (Å²) in [6.07, 6.45) is 1.40. The van der Waals surface area contributed by atoms with Gasteiger partial charge in [0.15, 0.2) is 0 Å². The number of anilines is 2. The second kappa shape index (κ2) is 6.03. The van der Waals surface area contributed by atoms with Crippen LogP contribution in [-0.2, 0) is 6.42 Å². The number of hydrogen-bond acceptors (Lipinski definition) is 7. The highest BCUT2D eigenvalue weighted by Gasteiger charge is 2.18. The number of aryl methyl sites for hydroxylation is 1. The Morgan fingerprint density at radius 2 is 2.30 bits per heavy atom. The second-order valence-corrected chi connectivity index (χ2v) is 5.74. The van der Waals surface area contributed by atoms with Crippen LogP contribution in [0.15, 0.2) is 6.07 Å². The van der Waals surface area contributed by atoms with Crippen molar-refractivity contribution in [3.05, 3.63) is 10.9 Å². The minimum atomic E-state index is 0.0775. The van der Waals surface area contributed by atoms with Crippen molar-refractivity contribution < 1.29 is 0 Å². The van der Waals surface area contributed by atoms with Gasteiger partial charge in [0.2, 0.25) is 5.95 Å². The quantitative estimate of drug-likeness (QED) is 0.648. The molecular weight excluding hydrogens is 272 g/mol. The number of nitriles is 1. The molecule has 20 heavy (non-hydrogen) atoms. The number of nitrogen functional groups attached to an aromatic ring is 1. The van der Waals surface area contributed by atoms with Crippen LogP contribution in [0.1, 0.15) is 25.1 Å². The van der Waals surface area contributed by atoms with Gasteiger partial charge in [0.05, 0.1) is 17.9 Å². The van der Waals surface area contributed by atoms with Gasteiger partial charge in [-0.25, -0.2) is 10.8 Å². The van der Waals surface area contributed by atoms with Crippen molar-refractivity contribution in [1.82, 2.24) is 9.97 Å². The molecule has 2 aromatic heterocycles. The maximum Gasteiger partial charge on any atom is 0.240 e. The summed E-state index contributed by atoms with van der Waals surface area (Å²) in [5, 5.41) is 9.86. The number of thiophene rings is 1. The van der Waals surface area contributed by atoms with Crippen molar-refractivity contribution in [2.75, 3.05) is 17.4 Å². The first-order valence-corrected chi connectivity index (χ1v) is 7.29. The average molecular weight is 290 g/mol. The van der Waals surface area contributed by atoms with Crippen LogP contribution in [0.25, 0.3) is 10.2 Å². The van der Waals surface area contributed by atoms with E-state index in [1.54, 1.807) is 11.3 Å². The van der Waals surface area contributed by atoms with E-state index in [4.69, 9.17) is 11.1 Å². The molecular formula is C13H18N6S. The smallest absolute Gasteiger partial charge is 0.240 e. The van der Waals surface area contributed by atoms with Crippen LogP contribution in [-0.4, -0.2) is 23.1 Å². The standard InChI is InChI=1S/C13H18N6S/c1-4-9-7-10-11(19(3)8(2)5-6-14)16-13(18-15)17-12(10)20-9/h7-8H,4-5,15H2,1-3H3,(H,16,17,18). The number of nitrogens with one attached hydrogen (secondary N) is 1. The number of hydrazine groups is 1. The van der Waals surface area contributed by atoms with Crippen LogP contribution in [0.2, 0.25) is 0 Å². The van der Waals surface area contributed by atoms with E-state index in [0.717, 1.165) is 22.5 Å². The first-order valence-electron chi connectivity index (χ1n) is 6.47. The molecule has 2 aromatic rings. The molecule has 0 radical (unpaired) electrons. The van der Waals surface area contributed by atoms with E-state index in [0.29, 0.717) is 12.4 Å². The monoisotopic (exact) mass is 290 g/mol. The molecule has 0 aliphatic carbocycles. The summed E-state index contributed by atoms with van der Waals surface area (Å²) in [7, 11) is 1.94. The average Bonchev–Trinajstić information content (AvgIpc) is 2.88. The van der Waals surface area contributed by atoms with E-state index in [1.165, 1.54) is 4.88 Å². The van der Waals surface area contributed by atoms with Crippen LogP contribution >= 0.6 is 11.3 Å². The molecule has 106 valence electrons. The Bertz CT molecular complexity index is 644. The van der Waals surface area contributed by atoms with Gasteiger partial charge in [0, 0.05) is 18.0 Å². The molecule has 0 spiro atoms. The van der Waals surface area contributed by atoms with Crippen molar-refractivity contribution >= 4 is 33.3 Å². The van der Waals surface area contributed by atoms with Gasteiger partial charge in [-0.15, -0.1) is 11.3 Å². The maximum atomic E-state index is 8.85. The van der Waals surface area contributed by atoms with Gasteiger partial charge in [0.25, 0.3) is 0 Å². The number of nitrogens with two attached hydrogens (primary N) is 1. The molecule has 7 heteroatoms. The van der Waals surface area contributed by atoms with Gasteiger partial charge < -0.3 is 4.90 Å². The Kier molecular flexibility index (Phi) is 4.37. The molecule has 1 atom stereocenters. The molecule has 2 rings (SSSR count). The van der Waals surface area contributed by atoms with E-state index in [1.807, 2.05) is 18.9 Å². The first kappa shape index (κ1) is 14.5. The minimum Gasteiger partial charge on any atom is -0.355 e. The fraction of sp³-hybridized carbons (Fsp3) is 0.462. The molecule has 0 bridgehead atoms. The molecule has 2 heterocycles. The number of rotatable bonds is 5. The topological polar surface area (TPSA) is 90.9 Å². The molecule has 0 aliphatic rings. The highest BCUT2D eigenvalue weighted by molar-refractivity contribution is 7.18. The van der Waals surface area contributed by atoms with Crippen molar-refractivity contribution in [3.63, 3.8) is 0 Å². The Morgan fingerprint density at radius 1 is 1.55 bits per heavy atom. The van der Waals surface area contributed by atoms with Gasteiger partial charge in [-0.05, 0) is 19.4 Å². The normalized spacial score (nSPS) is 12.2. The molecule has 0 aromatic carbocycles. The highest BCUT2D eigenvalue weighted by atomic mass is 32.1. The Balaban J connectivity index is 2.54. The third-order valence-corrected chi connectivity index (χ3v) is 4.46. The van der Waals surface area contributed by atoms with Crippen molar-refractivity contribution in [2.24, 2.45) is 5.84 Å². The zero-order valence-corrected chi connectivity index (χ0v) is 12.7. The lowest BCUT2D eigenvalue weighted by molar-refractivity contribution is 0.696. The minimum absolute atomic E-state index is 0.0775. The van der Waals surface area contributed by atoms with Gasteiger partial charge in [-0.3, -0.25) is 5.43 Å². The third-order valence-electron chi connectivity index (χ3n) is 3.28. The van der Waals surface area contributed by atoms with Crippen molar-refractivity contribution in [1.29, 1.82) is 5.26 Å². The van der Waals surface area contributed by atoms with E-state index in [9.17, 15) is 0 Å². The highest BCUT2D eigenvalue weighted by Crippen LogP contribution is 2.32. The SMILES string of the molecule is CCc1cc2c(N(C)C(C)CC#N)nc(NN)nc2s1. The number of nitrogens with zero attached hydrogens (tertiary/aromatic N) is 4. The lowest BCUT2D eigenvalue weighted by Crippen LogP contribution is -2.29. The zero-order valence-electron chi connectivity index (χ0n) is 11.8. The van der Waals surface area contributed by atoms with E-state index < -0.39 is 0 Å². The summed E-state index contributed by atoms with van der Waals surface area (Å²) in [6, 6.07) is 4.38. The molecule has 0 saturated carbocycles. The first-order chi connectivity index (χ1) is 9.60. The Morgan fingerprint density at radius 3 is 2.90 bits per heavy atom. The number of fused-ring (bicyclic) bond motifs is 1. The van der Waals surface area contributed by atoms with Crippen LogP contribution in [0.3, 0.4) is 0 Å². The number of hydrogen-bond donors (Lipinski definition) is 2. The molecule has 0 fully saturated rings. The summed E-state index contributed by atoms with van der Waals surface area (Å²) < 4.78 is 0. The maximum absolute atomic E-state index is 8.85. The van der Waals surface area contributed by atoms with Crippen LogP contribution in [0.4, 0.5) is 11.8 Å². The fourth-order valence-corrected chi connectivity index (χ4v) is 2.90. The summed E-state index contributed by atoms with van der Waals surface area (Å²) in [4.78, 5) is 13.0. The predicted molar refractivity (Wildman–Crippen MR) is 82.7 cm³/mol. The van der Waals surface area contributed by atoms with Gasteiger partial charge >= 0.3 is 0 Å². The van der Waals surface area contributed by atoms with E-state index in [2.05, 4.69) is 34.5 Å². The van der Waals surface area contributed by atoms with Gasteiger partial charge in [-0.1, -0.05) is 6.92 Å². The lowest BCUT2D eigenvalue weighted by atomic mass is 10.2. The third kappa shape index (κ3) is 2.66. The predicted octanol–water partition coefficient (Wildman–Crippen LogP) is 2.28. The van der Waals surface area contributed by atoms with Crippen LogP contribution in [0, 0.1) is 11.3 Å². The summed E-state index contributed by atoms with van der Waals surface area (Å²) in [5.74, 6) is 6.65. The Labute approximate surface area is 122 Å². The molecule has 0 amide bonds. The zero-order chi connectivity index (χ0) is 14.7. The fourth-order valence-electron chi connectivity index (χ4n) is 1.94. The largest absolute Gasteiger partial charge is 0.355 e. The summed E-state index contributed by atoms with van der Waals surface area (Å²) in [5.41, 5.74) is 2.51. The van der Waals surface area contributed by atoms with Crippen LogP contribution < -0.4 is 16.2 Å². The summed E-state index contributed by atoms with van der Waals surface area (Å²) in [6.45, 7) is 4.11. The molecule has 6 nitrogen and oxygen atoms in total. The van der Waals surface area contributed by atoms with Crippen LogP contribution in [0.5, 0.6) is 0 Å². The second-order valence-electron chi connectivity index (χ2n) is 4.62. The van der Waals surface area contributed by atoms with Gasteiger partial charge in [0.1, 0.15) is 10.6 Å². The molecule has 1 unspecified atom stereocenters. The molecule has 3 N–H and O–H groups in total. The van der Waals surface area contributed by atoms with E-state index >= 15 is 0 Å². The van der Waals surface area contributed by atoms with Crippen molar-refractivity contribution in [2.45, 2.75) is 32.7 Å².